The third-order valence-electron chi connectivity index (χ3n) is 4.36. The standard InChI is InChI=1S/C22H19N3O3S/c1-29(27,28)25-17-11-7-10-16(14-17)23-21(15-8-3-2-4-9-15)20-18-12-5-6-13-19(18)24-22(20)26/h2-14,24-26H,1H3. The van der Waals surface area contributed by atoms with Crippen molar-refractivity contribution in [1.82, 2.24) is 4.98 Å². The molecule has 0 amide bonds. The van der Waals surface area contributed by atoms with Crippen LogP contribution in [0.3, 0.4) is 0 Å². The summed E-state index contributed by atoms with van der Waals surface area (Å²) in [5.41, 5.74) is 3.78. The maximum Gasteiger partial charge on any atom is 0.229 e. The molecule has 1 heterocycles. The zero-order valence-electron chi connectivity index (χ0n) is 15.6. The van der Waals surface area contributed by atoms with Crippen molar-refractivity contribution in [2.75, 3.05) is 11.0 Å². The van der Waals surface area contributed by atoms with E-state index in [2.05, 4.69) is 9.71 Å². The molecule has 0 aliphatic heterocycles. The number of nitrogens with zero attached hydrogens (tertiary/aromatic N) is 1. The first-order valence-corrected chi connectivity index (χ1v) is 10.8. The smallest absolute Gasteiger partial charge is 0.229 e. The molecule has 0 atom stereocenters. The Kier molecular flexibility index (Phi) is 4.82. The van der Waals surface area contributed by atoms with Gasteiger partial charge in [-0.3, -0.25) is 4.72 Å². The van der Waals surface area contributed by atoms with E-state index in [1.165, 1.54) is 0 Å². The van der Waals surface area contributed by atoms with Gasteiger partial charge < -0.3 is 10.1 Å². The number of rotatable bonds is 5. The summed E-state index contributed by atoms with van der Waals surface area (Å²) < 4.78 is 25.6. The minimum Gasteiger partial charge on any atom is -0.494 e. The number of hydrogen-bond donors (Lipinski definition) is 3. The number of H-pyrrole nitrogens is 1. The van der Waals surface area contributed by atoms with Crippen LogP contribution in [0.25, 0.3) is 10.9 Å². The highest BCUT2D eigenvalue weighted by atomic mass is 32.2. The van der Waals surface area contributed by atoms with Crippen LogP contribution in [0.5, 0.6) is 5.88 Å². The van der Waals surface area contributed by atoms with Gasteiger partial charge in [-0.05, 0) is 24.3 Å². The first-order chi connectivity index (χ1) is 13.9. The van der Waals surface area contributed by atoms with Crippen molar-refractivity contribution in [1.29, 1.82) is 0 Å². The topological polar surface area (TPSA) is 94.6 Å². The Morgan fingerprint density at radius 2 is 1.69 bits per heavy atom. The molecule has 0 fully saturated rings. The lowest BCUT2D eigenvalue weighted by molar-refractivity contribution is 0.457. The van der Waals surface area contributed by atoms with Crippen molar-refractivity contribution < 1.29 is 13.5 Å². The van der Waals surface area contributed by atoms with Gasteiger partial charge >= 0.3 is 0 Å². The van der Waals surface area contributed by atoms with Crippen molar-refractivity contribution in [2.24, 2.45) is 4.99 Å². The molecule has 4 rings (SSSR count). The van der Waals surface area contributed by atoms with Gasteiger partial charge in [-0.15, -0.1) is 0 Å². The van der Waals surface area contributed by atoms with Gasteiger partial charge in [0.25, 0.3) is 0 Å². The fourth-order valence-electron chi connectivity index (χ4n) is 3.21. The molecule has 0 bridgehead atoms. The number of aromatic hydroxyl groups is 1. The second-order valence-corrected chi connectivity index (χ2v) is 8.39. The van der Waals surface area contributed by atoms with Crippen molar-refractivity contribution in [3.8, 4) is 5.88 Å². The molecule has 0 aliphatic carbocycles. The predicted molar refractivity (Wildman–Crippen MR) is 117 cm³/mol. The normalized spacial score (nSPS) is 12.2. The van der Waals surface area contributed by atoms with Crippen LogP contribution in [0.2, 0.25) is 0 Å². The van der Waals surface area contributed by atoms with E-state index in [9.17, 15) is 13.5 Å². The fourth-order valence-corrected chi connectivity index (χ4v) is 3.77. The van der Waals surface area contributed by atoms with Crippen LogP contribution in [-0.4, -0.2) is 30.5 Å². The average molecular weight is 405 g/mol. The van der Waals surface area contributed by atoms with E-state index < -0.39 is 10.0 Å². The van der Waals surface area contributed by atoms with Crippen molar-refractivity contribution in [3.05, 3.63) is 90.0 Å². The van der Waals surface area contributed by atoms with Gasteiger partial charge in [0.1, 0.15) is 0 Å². The molecule has 4 aromatic rings. The molecular formula is C22H19N3O3S. The minimum atomic E-state index is -3.40. The number of para-hydroxylation sites is 1. The minimum absolute atomic E-state index is 0.0271. The lowest BCUT2D eigenvalue weighted by Gasteiger charge is -2.09. The molecule has 0 unspecified atom stereocenters. The van der Waals surface area contributed by atoms with E-state index in [1.54, 1.807) is 24.3 Å². The number of sulfonamides is 1. The molecule has 7 heteroatoms. The summed E-state index contributed by atoms with van der Waals surface area (Å²) in [7, 11) is -3.40. The van der Waals surface area contributed by atoms with Gasteiger partial charge in [-0.1, -0.05) is 54.6 Å². The summed E-state index contributed by atoms with van der Waals surface area (Å²) in [6.07, 6.45) is 1.10. The number of nitrogens with one attached hydrogen (secondary N) is 2. The number of fused-ring (bicyclic) bond motifs is 1. The highest BCUT2D eigenvalue weighted by Crippen LogP contribution is 2.31. The molecule has 0 saturated heterocycles. The van der Waals surface area contributed by atoms with Crippen LogP contribution in [0.1, 0.15) is 11.1 Å². The van der Waals surface area contributed by atoms with Gasteiger partial charge in [-0.2, -0.15) is 0 Å². The molecule has 3 aromatic carbocycles. The van der Waals surface area contributed by atoms with Gasteiger partial charge in [0, 0.05) is 16.5 Å². The molecule has 0 spiro atoms. The molecule has 0 saturated carbocycles. The lowest BCUT2D eigenvalue weighted by Crippen LogP contribution is -2.09. The Morgan fingerprint density at radius 3 is 2.45 bits per heavy atom. The first-order valence-electron chi connectivity index (χ1n) is 8.93. The van der Waals surface area contributed by atoms with E-state index in [0.29, 0.717) is 22.6 Å². The Labute approximate surface area is 168 Å². The molecular weight excluding hydrogens is 386 g/mol. The lowest BCUT2D eigenvalue weighted by atomic mass is 10.0. The number of anilines is 1. The Bertz CT molecular complexity index is 1310. The second-order valence-electron chi connectivity index (χ2n) is 6.65. The average Bonchev–Trinajstić information content (AvgIpc) is 3.01. The molecule has 6 nitrogen and oxygen atoms in total. The molecule has 29 heavy (non-hydrogen) atoms. The van der Waals surface area contributed by atoms with Crippen LogP contribution < -0.4 is 4.72 Å². The quantitative estimate of drug-likeness (QED) is 0.429. The van der Waals surface area contributed by atoms with E-state index >= 15 is 0 Å². The van der Waals surface area contributed by atoms with Crippen molar-refractivity contribution >= 4 is 38.0 Å². The predicted octanol–water partition coefficient (Wildman–Crippen LogP) is 4.41. The summed E-state index contributed by atoms with van der Waals surface area (Å²) in [6.45, 7) is 0. The first kappa shape index (κ1) is 18.8. The summed E-state index contributed by atoms with van der Waals surface area (Å²) in [5, 5.41) is 11.5. The summed E-state index contributed by atoms with van der Waals surface area (Å²) in [4.78, 5) is 7.76. The van der Waals surface area contributed by atoms with E-state index in [-0.39, 0.29) is 5.88 Å². The maximum atomic E-state index is 11.5. The zero-order chi connectivity index (χ0) is 20.4. The Hall–Kier alpha value is -3.58. The zero-order valence-corrected chi connectivity index (χ0v) is 16.4. The van der Waals surface area contributed by atoms with Crippen molar-refractivity contribution in [3.63, 3.8) is 0 Å². The van der Waals surface area contributed by atoms with Crippen LogP contribution in [0.4, 0.5) is 11.4 Å². The summed E-state index contributed by atoms with van der Waals surface area (Å²) in [6, 6.07) is 24.0. The summed E-state index contributed by atoms with van der Waals surface area (Å²) >= 11 is 0. The SMILES string of the molecule is CS(=O)(=O)Nc1cccc(N=C(c2ccccc2)c2c(O)[nH]c3ccccc23)c1. The molecule has 1 aromatic heterocycles. The summed E-state index contributed by atoms with van der Waals surface area (Å²) in [5.74, 6) is 0.0271. The highest BCUT2D eigenvalue weighted by molar-refractivity contribution is 7.92. The van der Waals surface area contributed by atoms with Crippen LogP contribution in [0, 0.1) is 0 Å². The van der Waals surface area contributed by atoms with Gasteiger partial charge in [0.2, 0.25) is 10.0 Å². The van der Waals surface area contributed by atoms with Crippen LogP contribution in [0.15, 0.2) is 83.9 Å². The van der Waals surface area contributed by atoms with Crippen LogP contribution >= 0.6 is 0 Å². The van der Waals surface area contributed by atoms with E-state index in [0.717, 1.165) is 22.7 Å². The maximum absolute atomic E-state index is 11.5. The van der Waals surface area contributed by atoms with E-state index in [4.69, 9.17) is 4.99 Å². The monoisotopic (exact) mass is 405 g/mol. The molecule has 0 radical (unpaired) electrons. The third kappa shape index (κ3) is 4.14. The number of aromatic amines is 1. The van der Waals surface area contributed by atoms with Crippen LogP contribution in [-0.2, 0) is 10.0 Å². The van der Waals surface area contributed by atoms with Crippen molar-refractivity contribution in [2.45, 2.75) is 0 Å². The van der Waals surface area contributed by atoms with Gasteiger partial charge in [0.15, 0.2) is 5.88 Å². The highest BCUT2D eigenvalue weighted by Gasteiger charge is 2.18. The van der Waals surface area contributed by atoms with Gasteiger partial charge in [0.05, 0.1) is 28.9 Å². The third-order valence-corrected chi connectivity index (χ3v) is 4.97. The number of hydrogen-bond acceptors (Lipinski definition) is 4. The van der Waals surface area contributed by atoms with Gasteiger partial charge in [-0.25, -0.2) is 13.4 Å². The molecule has 146 valence electrons. The Balaban J connectivity index is 1.91. The van der Waals surface area contributed by atoms with E-state index in [1.807, 2.05) is 54.6 Å². The molecule has 3 N–H and O–H groups in total. The second kappa shape index (κ2) is 7.44. The number of benzene rings is 3. The number of aliphatic imine (C=N–C) groups is 1. The largest absolute Gasteiger partial charge is 0.494 e. The molecule has 0 aliphatic rings. The fraction of sp³-hybridized carbons (Fsp3) is 0.0455. The number of aromatic nitrogens is 1. The Morgan fingerprint density at radius 1 is 0.966 bits per heavy atom.